The van der Waals surface area contributed by atoms with E-state index in [0.717, 1.165) is 0 Å². The van der Waals surface area contributed by atoms with Gasteiger partial charge in [0.15, 0.2) is 0 Å². The van der Waals surface area contributed by atoms with Gasteiger partial charge >= 0.3 is 22.7 Å². The predicted molar refractivity (Wildman–Crippen MR) is 82.3 cm³/mol. The van der Waals surface area contributed by atoms with Crippen molar-refractivity contribution in [2.75, 3.05) is 0 Å². The molecular formula is C13H8N4O8. The van der Waals surface area contributed by atoms with Crippen LogP contribution in [0.15, 0.2) is 36.4 Å². The molecule has 0 amide bonds. The number of hydrogen-bond donors (Lipinski definition) is 0. The number of nitro benzene ring substituents is 4. The Labute approximate surface area is 137 Å². The van der Waals surface area contributed by atoms with Crippen LogP contribution in [0.4, 0.5) is 22.7 Å². The van der Waals surface area contributed by atoms with E-state index in [0.29, 0.717) is 11.6 Å². The van der Waals surface area contributed by atoms with E-state index in [1.54, 1.807) is 30.3 Å². The van der Waals surface area contributed by atoms with Crippen LogP contribution in [-0.4, -0.2) is 19.7 Å². The second-order valence-electron chi connectivity index (χ2n) is 4.79. The summed E-state index contributed by atoms with van der Waals surface area (Å²) in [4.78, 5) is 39.6. The maximum atomic E-state index is 11.3. The Kier molecular flexibility index (Phi) is 4.63. The zero-order valence-electron chi connectivity index (χ0n) is 12.2. The molecule has 12 heteroatoms. The van der Waals surface area contributed by atoms with E-state index in [1.807, 2.05) is 0 Å². The highest BCUT2D eigenvalue weighted by molar-refractivity contribution is 5.77. The molecule has 0 unspecified atom stereocenters. The molecule has 0 fully saturated rings. The molecule has 0 aliphatic rings. The van der Waals surface area contributed by atoms with Crippen LogP contribution in [0.5, 0.6) is 0 Å². The highest BCUT2D eigenvalue weighted by atomic mass is 16.7. The Morgan fingerprint density at radius 2 is 1.20 bits per heavy atom. The molecule has 12 nitrogen and oxygen atoms in total. The van der Waals surface area contributed by atoms with E-state index in [9.17, 15) is 40.5 Å². The summed E-state index contributed by atoms with van der Waals surface area (Å²) in [5.74, 6) is 0. The molecule has 0 bridgehead atoms. The summed E-state index contributed by atoms with van der Waals surface area (Å²) in [6.45, 7) is 0. The van der Waals surface area contributed by atoms with Gasteiger partial charge in [0.2, 0.25) is 0 Å². The van der Waals surface area contributed by atoms with Crippen LogP contribution in [0.1, 0.15) is 11.1 Å². The topological polar surface area (TPSA) is 173 Å². The van der Waals surface area contributed by atoms with E-state index in [4.69, 9.17) is 0 Å². The van der Waals surface area contributed by atoms with Crippen LogP contribution >= 0.6 is 0 Å². The average molecular weight is 348 g/mol. The van der Waals surface area contributed by atoms with Crippen LogP contribution in [-0.2, 0) is 6.42 Å². The van der Waals surface area contributed by atoms with Crippen molar-refractivity contribution in [3.63, 3.8) is 0 Å². The molecule has 2 rings (SSSR count). The summed E-state index contributed by atoms with van der Waals surface area (Å²) >= 11 is 0. The largest absolute Gasteiger partial charge is 0.430 e. The van der Waals surface area contributed by atoms with Gasteiger partial charge in [-0.2, -0.15) is 0 Å². The van der Waals surface area contributed by atoms with Crippen molar-refractivity contribution in [2.45, 2.75) is 6.42 Å². The van der Waals surface area contributed by atoms with Crippen molar-refractivity contribution in [2.24, 2.45) is 0 Å². The fraction of sp³-hybridized carbons (Fsp3) is 0.0769. The molecule has 0 radical (unpaired) electrons. The SMILES string of the molecule is O=[N+]([O-])c1cc(Cc2ccccc2)c([N+](=O)[O-])c([N+](=O)[O-])c1[N+](=O)[O-]. The van der Waals surface area contributed by atoms with Gasteiger partial charge in [0.1, 0.15) is 0 Å². The summed E-state index contributed by atoms with van der Waals surface area (Å²) in [7, 11) is 0. The molecule has 2 aromatic rings. The molecule has 25 heavy (non-hydrogen) atoms. The maximum absolute atomic E-state index is 11.3. The van der Waals surface area contributed by atoms with Crippen molar-refractivity contribution in [3.8, 4) is 0 Å². The summed E-state index contributed by atoms with van der Waals surface area (Å²) < 4.78 is 0. The van der Waals surface area contributed by atoms with Crippen molar-refractivity contribution < 1.29 is 19.7 Å². The Morgan fingerprint density at radius 3 is 1.64 bits per heavy atom. The normalized spacial score (nSPS) is 10.2. The molecule has 0 saturated carbocycles. The minimum atomic E-state index is -1.52. The highest BCUT2D eigenvalue weighted by Gasteiger charge is 2.46. The fourth-order valence-corrected chi connectivity index (χ4v) is 2.33. The molecule has 0 heterocycles. The van der Waals surface area contributed by atoms with Crippen molar-refractivity contribution in [3.05, 3.63) is 88.0 Å². The third-order valence-corrected chi connectivity index (χ3v) is 3.29. The molecule has 2 aromatic carbocycles. The van der Waals surface area contributed by atoms with E-state index in [-0.39, 0.29) is 12.0 Å². The summed E-state index contributed by atoms with van der Waals surface area (Å²) in [5.41, 5.74) is -5.20. The second kappa shape index (κ2) is 6.66. The van der Waals surface area contributed by atoms with Gasteiger partial charge in [-0.25, -0.2) is 0 Å². The first kappa shape index (κ1) is 17.4. The molecular weight excluding hydrogens is 340 g/mol. The molecule has 0 aliphatic heterocycles. The van der Waals surface area contributed by atoms with Gasteiger partial charge in [-0.05, 0) is 5.56 Å². The van der Waals surface area contributed by atoms with Gasteiger partial charge in [-0.3, -0.25) is 40.5 Å². The third-order valence-electron chi connectivity index (χ3n) is 3.29. The number of nitrogens with zero attached hydrogens (tertiary/aromatic N) is 4. The fourth-order valence-electron chi connectivity index (χ4n) is 2.33. The number of benzene rings is 2. The van der Waals surface area contributed by atoms with Crippen molar-refractivity contribution in [1.29, 1.82) is 0 Å². The lowest BCUT2D eigenvalue weighted by Crippen LogP contribution is -2.08. The molecule has 0 atom stereocenters. The minimum absolute atomic E-state index is 0.239. The standard InChI is InChI=1S/C13H8N4O8/c18-14(19)10-7-9(6-8-4-2-1-3-5-8)11(15(20)21)13(17(24)25)12(10)16(22)23/h1-5,7H,6H2. The highest BCUT2D eigenvalue weighted by Crippen LogP contribution is 2.45. The van der Waals surface area contributed by atoms with E-state index in [2.05, 4.69) is 0 Å². The minimum Gasteiger partial charge on any atom is -0.258 e. The number of hydrogen-bond acceptors (Lipinski definition) is 8. The zero-order chi connectivity index (χ0) is 18.7. The van der Waals surface area contributed by atoms with Crippen LogP contribution < -0.4 is 0 Å². The summed E-state index contributed by atoms with van der Waals surface area (Å²) in [6.07, 6.45) is -0.239. The predicted octanol–water partition coefficient (Wildman–Crippen LogP) is 2.91. The van der Waals surface area contributed by atoms with Crippen LogP contribution in [0.2, 0.25) is 0 Å². The lowest BCUT2D eigenvalue weighted by atomic mass is 10.0. The molecule has 0 saturated heterocycles. The second-order valence-corrected chi connectivity index (χ2v) is 4.79. The van der Waals surface area contributed by atoms with E-state index >= 15 is 0 Å². The molecule has 0 spiro atoms. The van der Waals surface area contributed by atoms with Crippen molar-refractivity contribution in [1.82, 2.24) is 0 Å². The monoisotopic (exact) mass is 348 g/mol. The first-order valence-electron chi connectivity index (χ1n) is 6.55. The van der Waals surface area contributed by atoms with Crippen LogP contribution in [0.3, 0.4) is 0 Å². The van der Waals surface area contributed by atoms with E-state index < -0.39 is 42.4 Å². The van der Waals surface area contributed by atoms with E-state index in [1.165, 1.54) is 0 Å². The first-order chi connectivity index (χ1) is 11.7. The van der Waals surface area contributed by atoms with Gasteiger partial charge in [0.05, 0.1) is 19.7 Å². The Balaban J connectivity index is 2.87. The quantitative estimate of drug-likeness (QED) is 0.565. The number of nitro groups is 4. The average Bonchev–Trinajstić information content (AvgIpc) is 2.53. The Morgan fingerprint density at radius 1 is 0.680 bits per heavy atom. The van der Waals surface area contributed by atoms with Gasteiger partial charge in [0.25, 0.3) is 0 Å². The number of rotatable bonds is 6. The smallest absolute Gasteiger partial charge is 0.258 e. The molecule has 0 aliphatic carbocycles. The first-order valence-corrected chi connectivity index (χ1v) is 6.55. The van der Waals surface area contributed by atoms with Gasteiger partial charge in [-0.1, -0.05) is 30.3 Å². The molecule has 0 aromatic heterocycles. The lowest BCUT2D eigenvalue weighted by Gasteiger charge is -2.05. The molecule has 128 valence electrons. The maximum Gasteiger partial charge on any atom is 0.430 e. The Bertz CT molecular complexity index is 897. The Hall–Kier alpha value is -3.96. The third kappa shape index (κ3) is 3.36. The summed E-state index contributed by atoms with van der Waals surface area (Å²) in [6, 6.07) is 8.63. The lowest BCUT2D eigenvalue weighted by molar-refractivity contribution is -0.452. The van der Waals surface area contributed by atoms with Crippen LogP contribution in [0, 0.1) is 40.5 Å². The van der Waals surface area contributed by atoms with Crippen molar-refractivity contribution >= 4 is 22.7 Å². The van der Waals surface area contributed by atoms with Gasteiger partial charge in [-0.15, -0.1) is 0 Å². The van der Waals surface area contributed by atoms with Crippen LogP contribution in [0.25, 0.3) is 0 Å². The summed E-state index contributed by atoms with van der Waals surface area (Å²) in [5, 5.41) is 44.7. The zero-order valence-corrected chi connectivity index (χ0v) is 12.2. The molecule has 0 N–H and O–H groups in total. The van der Waals surface area contributed by atoms with Gasteiger partial charge in [0, 0.05) is 18.1 Å². The van der Waals surface area contributed by atoms with Gasteiger partial charge < -0.3 is 0 Å².